The molecule has 1 atom stereocenters. The molecule has 14 heavy (non-hydrogen) atoms. The molecule has 0 saturated carbocycles. The molecule has 3 heteroatoms. The van der Waals surface area contributed by atoms with Crippen molar-refractivity contribution in [2.75, 3.05) is 0 Å². The lowest BCUT2D eigenvalue weighted by Crippen LogP contribution is -1.91. The Bertz CT molecular complexity index is 317. The van der Waals surface area contributed by atoms with Gasteiger partial charge in [0.25, 0.3) is 0 Å². The summed E-state index contributed by atoms with van der Waals surface area (Å²) in [5.74, 6) is -0.296. The summed E-state index contributed by atoms with van der Waals surface area (Å²) in [6.45, 7) is 1.67. The number of benzene rings is 1. The molecule has 0 aromatic heterocycles. The molecule has 1 unspecified atom stereocenters. The molecule has 0 saturated heterocycles. The highest BCUT2D eigenvalue weighted by Gasteiger charge is 2.08. The van der Waals surface area contributed by atoms with Crippen LogP contribution in [0, 0.1) is 5.82 Å². The van der Waals surface area contributed by atoms with Gasteiger partial charge < -0.3 is 0 Å². The SMILES string of the molecule is C/C(=C/F)CC(Cl)c1ccc(F)cc1. The molecule has 0 fully saturated rings. The van der Waals surface area contributed by atoms with E-state index in [2.05, 4.69) is 0 Å². The molecule has 1 aromatic rings. The maximum atomic E-state index is 12.6. The molecule has 0 aliphatic heterocycles. The first-order chi connectivity index (χ1) is 6.63. The van der Waals surface area contributed by atoms with E-state index in [1.165, 1.54) is 12.1 Å². The number of alkyl halides is 1. The van der Waals surface area contributed by atoms with E-state index >= 15 is 0 Å². The standard InChI is InChI=1S/C11H11ClF2/c1-8(7-13)6-11(12)9-2-4-10(14)5-3-9/h2-5,7,11H,6H2,1H3/b8-7-. The number of halogens is 3. The second-order valence-corrected chi connectivity index (χ2v) is 3.71. The number of rotatable bonds is 3. The van der Waals surface area contributed by atoms with Gasteiger partial charge in [0.05, 0.1) is 11.7 Å². The summed E-state index contributed by atoms with van der Waals surface area (Å²) < 4.78 is 24.6. The summed E-state index contributed by atoms with van der Waals surface area (Å²) in [5.41, 5.74) is 1.38. The van der Waals surface area contributed by atoms with Crippen LogP contribution in [0.5, 0.6) is 0 Å². The number of allylic oxidation sites excluding steroid dienone is 1. The topological polar surface area (TPSA) is 0 Å². The largest absolute Gasteiger partial charge is 0.216 e. The lowest BCUT2D eigenvalue weighted by molar-refractivity contribution is 0.626. The van der Waals surface area contributed by atoms with Gasteiger partial charge in [-0.15, -0.1) is 11.6 Å². The van der Waals surface area contributed by atoms with E-state index in [4.69, 9.17) is 11.6 Å². The third-order valence-corrected chi connectivity index (χ3v) is 2.33. The van der Waals surface area contributed by atoms with E-state index in [0.717, 1.165) is 5.56 Å². The molecule has 0 bridgehead atoms. The van der Waals surface area contributed by atoms with Gasteiger partial charge in [0, 0.05) is 0 Å². The fraction of sp³-hybridized carbons (Fsp3) is 0.273. The van der Waals surface area contributed by atoms with Crippen LogP contribution < -0.4 is 0 Å². The third-order valence-electron chi connectivity index (χ3n) is 1.92. The van der Waals surface area contributed by atoms with E-state index < -0.39 is 0 Å². The van der Waals surface area contributed by atoms with Crippen molar-refractivity contribution in [3.05, 3.63) is 47.5 Å². The minimum absolute atomic E-state index is 0.296. The zero-order chi connectivity index (χ0) is 10.6. The Morgan fingerprint density at radius 1 is 1.43 bits per heavy atom. The molecule has 1 aromatic carbocycles. The van der Waals surface area contributed by atoms with Crippen molar-refractivity contribution in [1.82, 2.24) is 0 Å². The third kappa shape index (κ3) is 3.11. The Labute approximate surface area is 87.2 Å². The lowest BCUT2D eigenvalue weighted by Gasteiger charge is -2.08. The molecule has 0 amide bonds. The van der Waals surface area contributed by atoms with Gasteiger partial charge in [0.1, 0.15) is 5.82 Å². The van der Waals surface area contributed by atoms with Crippen molar-refractivity contribution < 1.29 is 8.78 Å². The Morgan fingerprint density at radius 3 is 2.50 bits per heavy atom. The first kappa shape index (κ1) is 11.2. The van der Waals surface area contributed by atoms with Crippen molar-refractivity contribution >= 4 is 11.6 Å². The van der Waals surface area contributed by atoms with E-state index in [-0.39, 0.29) is 11.2 Å². The maximum absolute atomic E-state index is 12.6. The summed E-state index contributed by atoms with van der Waals surface area (Å²) in [6, 6.07) is 5.91. The van der Waals surface area contributed by atoms with Crippen LogP contribution in [0.1, 0.15) is 24.3 Å². The molecule has 0 heterocycles. The zero-order valence-corrected chi connectivity index (χ0v) is 8.56. The van der Waals surface area contributed by atoms with Crippen molar-refractivity contribution in [1.29, 1.82) is 0 Å². The van der Waals surface area contributed by atoms with Crippen LogP contribution in [-0.4, -0.2) is 0 Å². The molecule has 0 radical (unpaired) electrons. The number of hydrogen-bond acceptors (Lipinski definition) is 0. The van der Waals surface area contributed by atoms with Gasteiger partial charge in [0.15, 0.2) is 0 Å². The van der Waals surface area contributed by atoms with Crippen LogP contribution in [0.2, 0.25) is 0 Å². The molecule has 0 aliphatic rings. The highest BCUT2D eigenvalue weighted by molar-refractivity contribution is 6.20. The van der Waals surface area contributed by atoms with Gasteiger partial charge in [-0.2, -0.15) is 0 Å². The van der Waals surface area contributed by atoms with Crippen LogP contribution in [0.15, 0.2) is 36.2 Å². The van der Waals surface area contributed by atoms with E-state index in [9.17, 15) is 8.78 Å². The highest BCUT2D eigenvalue weighted by Crippen LogP contribution is 2.27. The molecule has 1 rings (SSSR count). The number of hydrogen-bond donors (Lipinski definition) is 0. The van der Waals surface area contributed by atoms with Crippen LogP contribution in [-0.2, 0) is 0 Å². The molecular formula is C11H11ClF2. The van der Waals surface area contributed by atoms with Crippen molar-refractivity contribution in [3.8, 4) is 0 Å². The van der Waals surface area contributed by atoms with Crippen molar-refractivity contribution in [2.45, 2.75) is 18.7 Å². The van der Waals surface area contributed by atoms with Gasteiger partial charge in [-0.3, -0.25) is 0 Å². The predicted molar refractivity (Wildman–Crippen MR) is 54.5 cm³/mol. The van der Waals surface area contributed by atoms with Gasteiger partial charge in [0.2, 0.25) is 0 Å². The summed E-state index contributed by atoms with van der Waals surface area (Å²) in [4.78, 5) is 0. The smallest absolute Gasteiger partial charge is 0.123 e. The Morgan fingerprint density at radius 2 is 2.00 bits per heavy atom. The zero-order valence-electron chi connectivity index (χ0n) is 7.81. The monoisotopic (exact) mass is 216 g/mol. The van der Waals surface area contributed by atoms with E-state index in [1.807, 2.05) is 0 Å². The Balaban J connectivity index is 2.70. The van der Waals surface area contributed by atoms with E-state index in [1.54, 1.807) is 19.1 Å². The van der Waals surface area contributed by atoms with E-state index in [0.29, 0.717) is 18.3 Å². The average Bonchev–Trinajstić information content (AvgIpc) is 2.18. The normalized spacial score (nSPS) is 14.1. The van der Waals surface area contributed by atoms with Crippen molar-refractivity contribution in [3.63, 3.8) is 0 Å². The molecule has 76 valence electrons. The maximum Gasteiger partial charge on any atom is 0.123 e. The highest BCUT2D eigenvalue weighted by atomic mass is 35.5. The van der Waals surface area contributed by atoms with Crippen LogP contribution in [0.25, 0.3) is 0 Å². The summed E-state index contributed by atoms with van der Waals surface area (Å²) in [5, 5.41) is -0.303. The Kier molecular flexibility index (Phi) is 4.08. The quantitative estimate of drug-likeness (QED) is 0.659. The minimum Gasteiger partial charge on any atom is -0.216 e. The first-order valence-corrected chi connectivity index (χ1v) is 4.72. The van der Waals surface area contributed by atoms with Crippen LogP contribution in [0.3, 0.4) is 0 Å². The molecule has 0 nitrogen and oxygen atoms in total. The van der Waals surface area contributed by atoms with Crippen molar-refractivity contribution in [2.24, 2.45) is 0 Å². The summed E-state index contributed by atoms with van der Waals surface area (Å²) in [6.07, 6.45) is 0.975. The van der Waals surface area contributed by atoms with Gasteiger partial charge in [-0.1, -0.05) is 12.1 Å². The molecule has 0 aliphatic carbocycles. The van der Waals surface area contributed by atoms with Gasteiger partial charge >= 0.3 is 0 Å². The van der Waals surface area contributed by atoms with Crippen LogP contribution in [0.4, 0.5) is 8.78 Å². The predicted octanol–water partition coefficient (Wildman–Crippen LogP) is 4.37. The summed E-state index contributed by atoms with van der Waals surface area (Å²) in [7, 11) is 0. The van der Waals surface area contributed by atoms with Crippen LogP contribution >= 0.6 is 11.6 Å². The summed E-state index contributed by atoms with van der Waals surface area (Å²) >= 11 is 6.00. The van der Waals surface area contributed by atoms with Gasteiger partial charge in [-0.05, 0) is 36.6 Å². The molecule has 0 N–H and O–H groups in total. The lowest BCUT2D eigenvalue weighted by atomic mass is 10.1. The Hall–Kier alpha value is -0.890. The van der Waals surface area contributed by atoms with Gasteiger partial charge in [-0.25, -0.2) is 8.78 Å². The second-order valence-electron chi connectivity index (χ2n) is 3.18. The minimum atomic E-state index is -0.303. The fourth-order valence-electron chi connectivity index (χ4n) is 1.12. The average molecular weight is 217 g/mol. The molecular weight excluding hydrogens is 206 g/mol. The first-order valence-electron chi connectivity index (χ1n) is 4.29. The fourth-order valence-corrected chi connectivity index (χ4v) is 1.51. The molecule has 0 spiro atoms. The second kappa shape index (κ2) is 5.11.